The number of hydrogen-bond acceptors (Lipinski definition) is 6. The highest BCUT2D eigenvalue weighted by Gasteiger charge is 2.18. The molecule has 0 heterocycles. The van der Waals surface area contributed by atoms with Gasteiger partial charge in [0.25, 0.3) is 7.82 Å². The van der Waals surface area contributed by atoms with E-state index >= 15 is 0 Å². The van der Waals surface area contributed by atoms with Gasteiger partial charge < -0.3 is 27.9 Å². The molecule has 8 heteroatoms. The Morgan fingerprint density at radius 2 is 0.920 bits per heavy atom. The van der Waals surface area contributed by atoms with Crippen LogP contribution < -0.4 is 4.89 Å². The smallest absolute Gasteiger partial charge is 0.268 e. The van der Waals surface area contributed by atoms with Gasteiger partial charge >= 0.3 is 0 Å². The molecule has 0 N–H and O–H groups in total. The second-order valence-corrected chi connectivity index (χ2v) is 17.1. The number of quaternary nitrogens is 1. The van der Waals surface area contributed by atoms with Gasteiger partial charge in [0.1, 0.15) is 19.3 Å². The molecule has 0 saturated carbocycles. The highest BCUT2D eigenvalue weighted by atomic mass is 31.2. The first-order chi connectivity index (χ1) is 24.2. The molecular formula is C42H86NO6P. The number of nitrogens with zero attached hydrogens (tertiary/aromatic N) is 1. The molecular weight excluding hydrogens is 645 g/mol. The normalized spacial score (nSPS) is 14.1. The zero-order valence-corrected chi connectivity index (χ0v) is 35.0. The lowest BCUT2D eigenvalue weighted by atomic mass is 10.0. The molecule has 0 amide bonds. The van der Waals surface area contributed by atoms with Gasteiger partial charge in [-0.05, 0) is 38.5 Å². The van der Waals surface area contributed by atoms with E-state index in [1.807, 2.05) is 21.1 Å². The molecule has 0 aliphatic rings. The second kappa shape index (κ2) is 37.1. The zero-order chi connectivity index (χ0) is 36.9. The Morgan fingerprint density at radius 3 is 1.36 bits per heavy atom. The van der Waals surface area contributed by atoms with Crippen molar-refractivity contribution in [2.45, 2.75) is 200 Å². The summed E-state index contributed by atoms with van der Waals surface area (Å²) in [6.07, 6.45) is 40.7. The molecule has 0 aromatic heterocycles. The number of unbranched alkanes of at least 4 members (excludes halogenated alkanes) is 25. The first kappa shape index (κ1) is 49.7. The number of ether oxygens (including phenoxy) is 2. The first-order valence-electron chi connectivity index (χ1n) is 21.4. The maximum Gasteiger partial charge on any atom is 0.268 e. The second-order valence-electron chi connectivity index (χ2n) is 15.7. The first-order valence-corrected chi connectivity index (χ1v) is 22.9. The summed E-state index contributed by atoms with van der Waals surface area (Å²) in [5.41, 5.74) is 0. The Kier molecular flexibility index (Phi) is 36.9. The minimum atomic E-state index is -4.39. The average molecular weight is 732 g/mol. The third-order valence-electron chi connectivity index (χ3n) is 9.39. The highest BCUT2D eigenvalue weighted by Crippen LogP contribution is 2.38. The number of phosphoric acid groups is 1. The van der Waals surface area contributed by atoms with Crippen LogP contribution in [-0.2, 0) is 23.1 Å². The molecule has 2 atom stereocenters. The van der Waals surface area contributed by atoms with Crippen molar-refractivity contribution in [1.82, 2.24) is 0 Å². The lowest BCUT2D eigenvalue weighted by molar-refractivity contribution is -0.870. The Morgan fingerprint density at radius 1 is 0.520 bits per heavy atom. The molecule has 300 valence electrons. The van der Waals surface area contributed by atoms with Crippen molar-refractivity contribution in [1.29, 1.82) is 0 Å². The fourth-order valence-electron chi connectivity index (χ4n) is 6.00. The van der Waals surface area contributed by atoms with Gasteiger partial charge in [-0.15, -0.1) is 0 Å². The van der Waals surface area contributed by atoms with Gasteiger partial charge in [-0.2, -0.15) is 0 Å². The van der Waals surface area contributed by atoms with Crippen molar-refractivity contribution >= 4 is 7.82 Å². The van der Waals surface area contributed by atoms with E-state index in [2.05, 4.69) is 26.0 Å². The van der Waals surface area contributed by atoms with Gasteiger partial charge in [0.2, 0.25) is 0 Å². The molecule has 0 rings (SSSR count). The molecule has 0 bridgehead atoms. The third kappa shape index (κ3) is 40.5. The van der Waals surface area contributed by atoms with Gasteiger partial charge in [-0.25, -0.2) is 0 Å². The molecule has 1 unspecified atom stereocenters. The fraction of sp³-hybridized carbons (Fsp3) is 0.952. The van der Waals surface area contributed by atoms with Crippen LogP contribution in [0.15, 0.2) is 12.2 Å². The summed E-state index contributed by atoms with van der Waals surface area (Å²) in [4.78, 5) is 12.4. The van der Waals surface area contributed by atoms with E-state index in [9.17, 15) is 9.46 Å². The lowest BCUT2D eigenvalue weighted by Gasteiger charge is -2.28. The van der Waals surface area contributed by atoms with Crippen molar-refractivity contribution in [3.8, 4) is 0 Å². The summed E-state index contributed by atoms with van der Waals surface area (Å²) >= 11 is 0. The SMILES string of the molecule is CCCCCCCC/C=C\CCCCCCCCO[C@H](COCCCCCCCCCCCCCCCC)COP(=O)([O-])OCC[N+](C)(C)C. The van der Waals surface area contributed by atoms with Crippen LogP contribution in [0.1, 0.15) is 194 Å². The molecule has 0 aliphatic carbocycles. The Labute approximate surface area is 312 Å². The van der Waals surface area contributed by atoms with Crippen LogP contribution in [0.5, 0.6) is 0 Å². The van der Waals surface area contributed by atoms with Crippen molar-refractivity contribution in [2.24, 2.45) is 0 Å². The van der Waals surface area contributed by atoms with Crippen LogP contribution in [0.25, 0.3) is 0 Å². The summed E-state index contributed by atoms with van der Waals surface area (Å²) < 4.78 is 35.3. The minimum absolute atomic E-state index is 0.0731. The average Bonchev–Trinajstić information content (AvgIpc) is 3.07. The maximum atomic E-state index is 12.4. The Hall–Kier alpha value is -0.270. The topological polar surface area (TPSA) is 77.1 Å². The van der Waals surface area contributed by atoms with Gasteiger partial charge in [-0.3, -0.25) is 4.57 Å². The summed E-state index contributed by atoms with van der Waals surface area (Å²) in [6, 6.07) is 0. The predicted molar refractivity (Wildman–Crippen MR) is 213 cm³/mol. The van der Waals surface area contributed by atoms with E-state index in [4.69, 9.17) is 18.5 Å². The molecule has 0 spiro atoms. The van der Waals surface area contributed by atoms with E-state index in [1.54, 1.807) is 0 Å². The summed E-state index contributed by atoms with van der Waals surface area (Å²) in [6.45, 7) is 6.74. The van der Waals surface area contributed by atoms with Crippen LogP contribution in [0, 0.1) is 0 Å². The van der Waals surface area contributed by atoms with E-state index in [1.165, 1.54) is 161 Å². The van der Waals surface area contributed by atoms with E-state index in [-0.39, 0.29) is 13.2 Å². The lowest BCUT2D eigenvalue weighted by Crippen LogP contribution is -2.37. The monoisotopic (exact) mass is 732 g/mol. The highest BCUT2D eigenvalue weighted by molar-refractivity contribution is 7.45. The van der Waals surface area contributed by atoms with Gasteiger partial charge in [0.05, 0.1) is 34.4 Å². The van der Waals surface area contributed by atoms with Crippen LogP contribution in [0.2, 0.25) is 0 Å². The van der Waals surface area contributed by atoms with Crippen molar-refractivity contribution < 1.29 is 32.5 Å². The number of likely N-dealkylation sites (N-methyl/N-ethyl adjacent to an activating group) is 1. The van der Waals surface area contributed by atoms with Crippen molar-refractivity contribution in [2.75, 3.05) is 60.7 Å². The maximum absolute atomic E-state index is 12.4. The van der Waals surface area contributed by atoms with E-state index < -0.39 is 13.9 Å². The van der Waals surface area contributed by atoms with Crippen LogP contribution >= 0.6 is 7.82 Å². The summed E-state index contributed by atoms with van der Waals surface area (Å²) in [5, 5.41) is 0. The minimum Gasteiger partial charge on any atom is -0.756 e. The molecule has 0 aliphatic heterocycles. The quantitative estimate of drug-likeness (QED) is 0.0270. The van der Waals surface area contributed by atoms with Crippen LogP contribution in [-0.4, -0.2) is 71.3 Å². The van der Waals surface area contributed by atoms with Gasteiger partial charge in [0, 0.05) is 13.2 Å². The largest absolute Gasteiger partial charge is 0.756 e. The molecule has 0 fully saturated rings. The molecule has 50 heavy (non-hydrogen) atoms. The number of hydrogen-bond donors (Lipinski definition) is 0. The van der Waals surface area contributed by atoms with E-state index in [0.29, 0.717) is 30.8 Å². The van der Waals surface area contributed by atoms with Gasteiger partial charge in [-0.1, -0.05) is 167 Å². The third-order valence-corrected chi connectivity index (χ3v) is 10.3. The predicted octanol–water partition coefficient (Wildman–Crippen LogP) is 12.1. The zero-order valence-electron chi connectivity index (χ0n) is 34.1. The number of rotatable bonds is 41. The molecule has 0 aromatic rings. The Balaban J connectivity index is 4.10. The van der Waals surface area contributed by atoms with Gasteiger partial charge in [0.15, 0.2) is 0 Å². The summed E-state index contributed by atoms with van der Waals surface area (Å²) in [7, 11) is 1.60. The Bertz CT molecular complexity index is 759. The molecule has 0 aromatic carbocycles. The van der Waals surface area contributed by atoms with Crippen molar-refractivity contribution in [3.63, 3.8) is 0 Å². The van der Waals surface area contributed by atoms with Crippen LogP contribution in [0.4, 0.5) is 0 Å². The fourth-order valence-corrected chi connectivity index (χ4v) is 6.72. The summed E-state index contributed by atoms with van der Waals surface area (Å²) in [5.74, 6) is 0. The van der Waals surface area contributed by atoms with E-state index in [0.717, 1.165) is 19.3 Å². The number of phosphoric ester groups is 1. The standard InChI is InChI=1S/C42H86NO6P/c1-6-8-10-12-14-16-18-20-22-23-25-27-29-31-33-35-38-47-42(41-49-50(44,45)48-39-36-43(3,4)5)40-46-37-34-32-30-28-26-24-21-19-17-15-13-11-9-7-2/h20,22,42H,6-19,21,23-41H2,1-5H3/b22-20-/t42-/m1/s1. The van der Waals surface area contributed by atoms with Crippen molar-refractivity contribution in [3.05, 3.63) is 12.2 Å². The molecule has 0 saturated heterocycles. The molecule has 0 radical (unpaired) electrons. The van der Waals surface area contributed by atoms with Crippen LogP contribution in [0.3, 0.4) is 0 Å². The number of allylic oxidation sites excluding steroid dienone is 2. The molecule has 7 nitrogen and oxygen atoms in total.